The quantitative estimate of drug-likeness (QED) is 0.788. The summed E-state index contributed by atoms with van der Waals surface area (Å²) in [5.74, 6) is -0.970. The number of hydrogen-bond acceptors (Lipinski definition) is 2. The molecule has 0 fully saturated rings. The van der Waals surface area contributed by atoms with E-state index in [1.54, 1.807) is 0 Å². The summed E-state index contributed by atoms with van der Waals surface area (Å²) in [7, 11) is 0. The summed E-state index contributed by atoms with van der Waals surface area (Å²) in [6.07, 6.45) is 1.34. The molecule has 1 unspecified atom stereocenters. The van der Waals surface area contributed by atoms with Crippen LogP contribution in [0.1, 0.15) is 25.0 Å². The lowest BCUT2D eigenvalue weighted by atomic mass is 9.93. The van der Waals surface area contributed by atoms with Crippen molar-refractivity contribution in [1.29, 1.82) is 0 Å². The van der Waals surface area contributed by atoms with Gasteiger partial charge in [-0.2, -0.15) is 0 Å². The minimum atomic E-state index is -1.19. The first-order chi connectivity index (χ1) is 6.95. The zero-order valence-corrected chi connectivity index (χ0v) is 9.16. The van der Waals surface area contributed by atoms with E-state index in [0.29, 0.717) is 6.42 Å². The fourth-order valence-corrected chi connectivity index (χ4v) is 1.39. The third kappa shape index (κ3) is 3.06. The Morgan fingerprint density at radius 2 is 1.80 bits per heavy atom. The molecule has 0 saturated heterocycles. The van der Waals surface area contributed by atoms with Crippen molar-refractivity contribution in [3.05, 3.63) is 35.4 Å². The van der Waals surface area contributed by atoms with Gasteiger partial charge in [-0.1, -0.05) is 31.2 Å². The van der Waals surface area contributed by atoms with E-state index in [1.807, 2.05) is 24.3 Å². The number of hydrogen-bond donors (Lipinski definition) is 2. The maximum atomic E-state index is 10.8. The minimum absolute atomic E-state index is 0.353. The Hall–Kier alpha value is -1.35. The molecule has 0 radical (unpaired) electrons. The summed E-state index contributed by atoms with van der Waals surface area (Å²) in [5.41, 5.74) is 6.68. The van der Waals surface area contributed by atoms with Crippen molar-refractivity contribution in [2.24, 2.45) is 5.73 Å². The highest BCUT2D eigenvalue weighted by Crippen LogP contribution is 2.12. The van der Waals surface area contributed by atoms with Crippen LogP contribution in [0.3, 0.4) is 0 Å². The highest BCUT2D eigenvalue weighted by atomic mass is 16.4. The number of carbonyl (C=O) groups is 1. The first-order valence-corrected chi connectivity index (χ1v) is 5.06. The van der Waals surface area contributed by atoms with Gasteiger partial charge in [0.05, 0.1) is 0 Å². The van der Waals surface area contributed by atoms with Crippen molar-refractivity contribution < 1.29 is 9.90 Å². The van der Waals surface area contributed by atoms with Crippen molar-refractivity contribution in [1.82, 2.24) is 0 Å². The topological polar surface area (TPSA) is 63.3 Å². The highest BCUT2D eigenvalue weighted by Gasteiger charge is 2.27. The van der Waals surface area contributed by atoms with E-state index in [1.165, 1.54) is 12.5 Å². The Morgan fingerprint density at radius 1 is 1.33 bits per heavy atom. The van der Waals surface area contributed by atoms with Gasteiger partial charge in [0.15, 0.2) is 0 Å². The van der Waals surface area contributed by atoms with E-state index >= 15 is 0 Å². The maximum Gasteiger partial charge on any atom is 0.323 e. The lowest BCUT2D eigenvalue weighted by Gasteiger charge is -2.19. The predicted molar refractivity (Wildman–Crippen MR) is 59.8 cm³/mol. The molecule has 1 aromatic carbocycles. The molecule has 1 atom stereocenters. The van der Waals surface area contributed by atoms with Crippen molar-refractivity contribution >= 4 is 5.97 Å². The maximum absolute atomic E-state index is 10.8. The Morgan fingerprint density at radius 3 is 2.20 bits per heavy atom. The molecule has 3 heteroatoms. The molecule has 15 heavy (non-hydrogen) atoms. The Labute approximate surface area is 89.9 Å². The number of aliphatic carboxylic acids is 1. The second-order valence-electron chi connectivity index (χ2n) is 4.07. The molecule has 3 nitrogen and oxygen atoms in total. The average Bonchev–Trinajstić information content (AvgIpc) is 2.18. The van der Waals surface area contributed by atoms with Crippen LogP contribution in [0.15, 0.2) is 24.3 Å². The van der Waals surface area contributed by atoms with Crippen LogP contribution in [0.2, 0.25) is 0 Å². The molecule has 0 amide bonds. The fourth-order valence-electron chi connectivity index (χ4n) is 1.39. The van der Waals surface area contributed by atoms with E-state index < -0.39 is 11.5 Å². The normalized spacial score (nSPS) is 14.6. The van der Waals surface area contributed by atoms with Gasteiger partial charge in [-0.15, -0.1) is 0 Å². The molecule has 0 saturated carbocycles. The summed E-state index contributed by atoms with van der Waals surface area (Å²) < 4.78 is 0. The second kappa shape index (κ2) is 4.45. The Kier molecular flexibility index (Phi) is 3.48. The molecule has 0 aliphatic rings. The average molecular weight is 207 g/mol. The van der Waals surface area contributed by atoms with E-state index in [9.17, 15) is 4.79 Å². The van der Waals surface area contributed by atoms with Crippen molar-refractivity contribution in [2.75, 3.05) is 0 Å². The summed E-state index contributed by atoms with van der Waals surface area (Å²) in [6, 6.07) is 7.89. The lowest BCUT2D eigenvalue weighted by molar-refractivity contribution is -0.142. The highest BCUT2D eigenvalue weighted by molar-refractivity contribution is 5.78. The van der Waals surface area contributed by atoms with Crippen molar-refractivity contribution in [2.45, 2.75) is 32.2 Å². The molecule has 3 N–H and O–H groups in total. The van der Waals surface area contributed by atoms with Gasteiger partial charge in [-0.05, 0) is 24.5 Å². The molecule has 0 aromatic heterocycles. The molecular weight excluding hydrogens is 190 g/mol. The summed E-state index contributed by atoms with van der Waals surface area (Å²) >= 11 is 0. The number of rotatable bonds is 4. The number of aryl methyl sites for hydroxylation is 1. The standard InChI is InChI=1S/C12H17NO2/c1-3-9-4-6-10(7-5-9)8-12(2,13)11(14)15/h4-7H,3,8,13H2,1-2H3,(H,14,15). The van der Waals surface area contributed by atoms with Gasteiger partial charge in [0.2, 0.25) is 0 Å². The molecule has 0 spiro atoms. The third-order valence-corrected chi connectivity index (χ3v) is 2.49. The molecule has 0 heterocycles. The second-order valence-corrected chi connectivity index (χ2v) is 4.07. The number of nitrogens with two attached hydrogens (primary N) is 1. The monoisotopic (exact) mass is 207 g/mol. The van der Waals surface area contributed by atoms with E-state index in [4.69, 9.17) is 10.8 Å². The Balaban J connectivity index is 2.77. The van der Waals surface area contributed by atoms with Crippen LogP contribution in [0.25, 0.3) is 0 Å². The van der Waals surface area contributed by atoms with Crippen molar-refractivity contribution in [3.63, 3.8) is 0 Å². The van der Waals surface area contributed by atoms with Gasteiger partial charge < -0.3 is 10.8 Å². The van der Waals surface area contributed by atoms with E-state index in [-0.39, 0.29) is 0 Å². The first-order valence-electron chi connectivity index (χ1n) is 5.06. The molecule has 1 rings (SSSR count). The van der Waals surface area contributed by atoms with Gasteiger partial charge >= 0.3 is 5.97 Å². The Bertz CT molecular complexity index is 341. The van der Waals surface area contributed by atoms with Crippen LogP contribution in [0, 0.1) is 0 Å². The summed E-state index contributed by atoms with van der Waals surface area (Å²) in [5, 5.41) is 8.88. The van der Waals surface area contributed by atoms with Crippen LogP contribution in [0.4, 0.5) is 0 Å². The van der Waals surface area contributed by atoms with Gasteiger partial charge in [-0.25, -0.2) is 0 Å². The van der Waals surface area contributed by atoms with Gasteiger partial charge in [0.1, 0.15) is 5.54 Å². The van der Waals surface area contributed by atoms with E-state index in [2.05, 4.69) is 6.92 Å². The smallest absolute Gasteiger partial charge is 0.323 e. The predicted octanol–water partition coefficient (Wildman–Crippen LogP) is 1.59. The lowest BCUT2D eigenvalue weighted by Crippen LogP contribution is -2.46. The summed E-state index contributed by atoms with van der Waals surface area (Å²) in [6.45, 7) is 3.61. The summed E-state index contributed by atoms with van der Waals surface area (Å²) in [4.78, 5) is 10.8. The molecule has 0 aliphatic carbocycles. The molecular formula is C12H17NO2. The molecule has 0 bridgehead atoms. The number of carboxylic acids is 1. The SMILES string of the molecule is CCc1ccc(CC(C)(N)C(=O)O)cc1. The van der Waals surface area contributed by atoms with Crippen LogP contribution in [-0.4, -0.2) is 16.6 Å². The van der Waals surface area contributed by atoms with Crippen LogP contribution in [0.5, 0.6) is 0 Å². The van der Waals surface area contributed by atoms with Crippen LogP contribution < -0.4 is 5.73 Å². The number of carboxylic acid groups (broad SMARTS) is 1. The van der Waals surface area contributed by atoms with Gasteiger partial charge in [0.25, 0.3) is 0 Å². The van der Waals surface area contributed by atoms with Crippen LogP contribution >= 0.6 is 0 Å². The minimum Gasteiger partial charge on any atom is -0.480 e. The third-order valence-electron chi connectivity index (χ3n) is 2.49. The van der Waals surface area contributed by atoms with Crippen LogP contribution in [-0.2, 0) is 17.6 Å². The van der Waals surface area contributed by atoms with Gasteiger partial charge in [-0.3, -0.25) is 4.79 Å². The zero-order chi connectivity index (χ0) is 11.5. The van der Waals surface area contributed by atoms with Gasteiger partial charge in [0, 0.05) is 6.42 Å². The molecule has 82 valence electrons. The number of benzene rings is 1. The molecule has 0 aliphatic heterocycles. The largest absolute Gasteiger partial charge is 0.480 e. The zero-order valence-electron chi connectivity index (χ0n) is 9.16. The van der Waals surface area contributed by atoms with Crippen molar-refractivity contribution in [3.8, 4) is 0 Å². The molecule has 1 aromatic rings. The first kappa shape index (κ1) is 11.7. The van der Waals surface area contributed by atoms with E-state index in [0.717, 1.165) is 12.0 Å². The fraction of sp³-hybridized carbons (Fsp3) is 0.417.